The van der Waals surface area contributed by atoms with Crippen molar-refractivity contribution in [2.24, 2.45) is 0 Å². The number of ether oxygens (including phenoxy) is 1. The summed E-state index contributed by atoms with van der Waals surface area (Å²) in [5.41, 5.74) is 2.63. The number of hydrogen-bond donors (Lipinski definition) is 1. The van der Waals surface area contributed by atoms with E-state index >= 15 is 0 Å². The first-order chi connectivity index (χ1) is 11.7. The Kier molecular flexibility index (Phi) is 5.05. The Hall–Kier alpha value is -2.47. The normalized spacial score (nSPS) is 14.5. The Morgan fingerprint density at radius 3 is 2.58 bits per heavy atom. The summed E-state index contributed by atoms with van der Waals surface area (Å²) in [7, 11) is 0. The average Bonchev–Trinajstić information content (AvgIpc) is 2.62. The average molecular weight is 326 g/mol. The molecule has 6 heteroatoms. The van der Waals surface area contributed by atoms with Gasteiger partial charge in [-0.2, -0.15) is 0 Å². The third kappa shape index (κ3) is 3.89. The zero-order valence-electron chi connectivity index (χ0n) is 14.1. The van der Waals surface area contributed by atoms with Crippen molar-refractivity contribution in [2.45, 2.75) is 20.3 Å². The highest BCUT2D eigenvalue weighted by atomic mass is 16.5. The fraction of sp³-hybridized carbons (Fsp3) is 0.389. The molecule has 1 aliphatic rings. The van der Waals surface area contributed by atoms with Crippen LogP contribution in [0, 0.1) is 6.92 Å². The quantitative estimate of drug-likeness (QED) is 0.935. The second-order valence-corrected chi connectivity index (χ2v) is 5.77. The zero-order chi connectivity index (χ0) is 16.9. The molecule has 1 aliphatic heterocycles. The van der Waals surface area contributed by atoms with Gasteiger partial charge in [-0.15, -0.1) is 0 Å². The van der Waals surface area contributed by atoms with Gasteiger partial charge in [0, 0.05) is 24.8 Å². The van der Waals surface area contributed by atoms with Gasteiger partial charge < -0.3 is 15.0 Å². The maximum absolute atomic E-state index is 12.6. The van der Waals surface area contributed by atoms with E-state index in [1.165, 1.54) is 5.56 Å². The van der Waals surface area contributed by atoms with Crippen LogP contribution in [0.5, 0.6) is 0 Å². The van der Waals surface area contributed by atoms with Crippen LogP contribution in [0.15, 0.2) is 30.3 Å². The SMILES string of the molecule is CCc1ccc(Nc2cc(C(=O)N3CCOCC3)nc(C)n2)cc1. The molecule has 0 saturated carbocycles. The largest absolute Gasteiger partial charge is 0.378 e. The van der Waals surface area contributed by atoms with Crippen molar-refractivity contribution in [3.63, 3.8) is 0 Å². The molecule has 126 valence electrons. The molecule has 24 heavy (non-hydrogen) atoms. The fourth-order valence-electron chi connectivity index (χ4n) is 2.64. The van der Waals surface area contributed by atoms with E-state index < -0.39 is 0 Å². The number of carbonyl (C=O) groups excluding carboxylic acids is 1. The molecular formula is C18H22N4O2. The minimum atomic E-state index is -0.0758. The molecule has 1 fully saturated rings. The second kappa shape index (κ2) is 7.40. The summed E-state index contributed by atoms with van der Waals surface area (Å²) in [5, 5.41) is 3.25. The van der Waals surface area contributed by atoms with Crippen molar-refractivity contribution in [3.8, 4) is 0 Å². The lowest BCUT2D eigenvalue weighted by Gasteiger charge is -2.26. The molecule has 1 aromatic heterocycles. The molecule has 2 heterocycles. The lowest BCUT2D eigenvalue weighted by atomic mass is 10.1. The number of morpholine rings is 1. The molecule has 0 unspecified atom stereocenters. The number of anilines is 2. The Bertz CT molecular complexity index is 709. The van der Waals surface area contributed by atoms with Crippen LogP contribution in [-0.4, -0.2) is 47.1 Å². The highest BCUT2D eigenvalue weighted by Crippen LogP contribution is 2.17. The van der Waals surface area contributed by atoms with Crippen molar-refractivity contribution in [2.75, 3.05) is 31.6 Å². The minimum Gasteiger partial charge on any atom is -0.378 e. The van der Waals surface area contributed by atoms with Gasteiger partial charge in [-0.25, -0.2) is 9.97 Å². The molecule has 6 nitrogen and oxygen atoms in total. The Balaban J connectivity index is 1.78. The highest BCUT2D eigenvalue weighted by Gasteiger charge is 2.20. The van der Waals surface area contributed by atoms with E-state index in [1.807, 2.05) is 12.1 Å². The summed E-state index contributed by atoms with van der Waals surface area (Å²) in [4.78, 5) is 23.0. The highest BCUT2D eigenvalue weighted by molar-refractivity contribution is 5.93. The van der Waals surface area contributed by atoms with Gasteiger partial charge in [0.2, 0.25) is 0 Å². The van der Waals surface area contributed by atoms with Gasteiger partial charge in [0.15, 0.2) is 0 Å². The van der Waals surface area contributed by atoms with Crippen molar-refractivity contribution in [1.82, 2.24) is 14.9 Å². The Morgan fingerprint density at radius 1 is 1.21 bits per heavy atom. The number of nitrogens with one attached hydrogen (secondary N) is 1. The molecule has 0 bridgehead atoms. The lowest BCUT2D eigenvalue weighted by Crippen LogP contribution is -2.41. The number of aryl methyl sites for hydroxylation is 2. The molecule has 1 N–H and O–H groups in total. The number of aromatic nitrogens is 2. The summed E-state index contributed by atoms with van der Waals surface area (Å²) in [6, 6.07) is 9.89. The number of nitrogens with zero attached hydrogens (tertiary/aromatic N) is 3. The molecule has 1 saturated heterocycles. The standard InChI is InChI=1S/C18H22N4O2/c1-3-14-4-6-15(7-5-14)21-17-12-16(19-13(2)20-17)18(23)22-8-10-24-11-9-22/h4-7,12H,3,8-11H2,1-2H3,(H,19,20,21). The van der Waals surface area contributed by atoms with Crippen molar-refractivity contribution >= 4 is 17.4 Å². The number of amides is 1. The number of rotatable bonds is 4. The predicted molar refractivity (Wildman–Crippen MR) is 92.6 cm³/mol. The molecule has 3 rings (SSSR count). The third-order valence-electron chi connectivity index (χ3n) is 3.99. The zero-order valence-corrected chi connectivity index (χ0v) is 14.1. The van der Waals surface area contributed by atoms with Crippen LogP contribution in [0.4, 0.5) is 11.5 Å². The molecule has 0 aliphatic carbocycles. The van der Waals surface area contributed by atoms with E-state index in [0.29, 0.717) is 43.6 Å². The maximum atomic E-state index is 12.6. The van der Waals surface area contributed by atoms with Crippen LogP contribution in [0.3, 0.4) is 0 Å². The molecule has 1 amide bonds. The van der Waals surface area contributed by atoms with Crippen LogP contribution in [0.25, 0.3) is 0 Å². The van der Waals surface area contributed by atoms with Gasteiger partial charge in [-0.05, 0) is 31.0 Å². The lowest BCUT2D eigenvalue weighted by molar-refractivity contribution is 0.0299. The van der Waals surface area contributed by atoms with Crippen molar-refractivity contribution in [3.05, 3.63) is 47.4 Å². The van der Waals surface area contributed by atoms with Crippen LogP contribution in [0.2, 0.25) is 0 Å². The summed E-state index contributed by atoms with van der Waals surface area (Å²) >= 11 is 0. The predicted octanol–water partition coefficient (Wildman–Crippen LogP) is 2.56. The van der Waals surface area contributed by atoms with Crippen LogP contribution in [0.1, 0.15) is 28.8 Å². The van der Waals surface area contributed by atoms with E-state index in [2.05, 4.69) is 34.3 Å². The van der Waals surface area contributed by atoms with Crippen molar-refractivity contribution in [1.29, 1.82) is 0 Å². The van der Waals surface area contributed by atoms with Gasteiger partial charge in [0.05, 0.1) is 13.2 Å². The van der Waals surface area contributed by atoms with Crippen molar-refractivity contribution < 1.29 is 9.53 Å². The number of benzene rings is 1. The molecule has 0 atom stereocenters. The molecule has 2 aromatic rings. The summed E-state index contributed by atoms with van der Waals surface area (Å²) in [6.07, 6.45) is 1.01. The van der Waals surface area contributed by atoms with Gasteiger partial charge >= 0.3 is 0 Å². The van der Waals surface area contributed by atoms with E-state index in [0.717, 1.165) is 12.1 Å². The van der Waals surface area contributed by atoms with Crippen LogP contribution < -0.4 is 5.32 Å². The third-order valence-corrected chi connectivity index (χ3v) is 3.99. The van der Waals surface area contributed by atoms with E-state index in [9.17, 15) is 4.79 Å². The second-order valence-electron chi connectivity index (χ2n) is 5.77. The summed E-state index contributed by atoms with van der Waals surface area (Å²) in [6.45, 7) is 6.27. The topological polar surface area (TPSA) is 67.4 Å². The summed E-state index contributed by atoms with van der Waals surface area (Å²) < 4.78 is 5.29. The minimum absolute atomic E-state index is 0.0758. The number of carbonyl (C=O) groups is 1. The van der Waals surface area contributed by atoms with Gasteiger partial charge in [-0.1, -0.05) is 19.1 Å². The summed E-state index contributed by atoms with van der Waals surface area (Å²) in [5.74, 6) is 1.12. The van der Waals surface area contributed by atoms with Crippen LogP contribution >= 0.6 is 0 Å². The molecule has 0 spiro atoms. The molecule has 1 aromatic carbocycles. The Labute approximate surface area is 141 Å². The first-order valence-electron chi connectivity index (χ1n) is 8.24. The van der Waals surface area contributed by atoms with Gasteiger partial charge in [0.1, 0.15) is 17.3 Å². The molecular weight excluding hydrogens is 304 g/mol. The first kappa shape index (κ1) is 16.4. The van der Waals surface area contributed by atoms with Crippen LogP contribution in [-0.2, 0) is 11.2 Å². The van der Waals surface area contributed by atoms with E-state index in [4.69, 9.17) is 4.74 Å². The monoisotopic (exact) mass is 326 g/mol. The first-order valence-corrected chi connectivity index (χ1v) is 8.24. The Morgan fingerprint density at radius 2 is 1.92 bits per heavy atom. The number of hydrogen-bond acceptors (Lipinski definition) is 5. The van der Waals surface area contributed by atoms with E-state index in [1.54, 1.807) is 17.9 Å². The smallest absolute Gasteiger partial charge is 0.272 e. The fourth-order valence-corrected chi connectivity index (χ4v) is 2.64. The molecule has 0 radical (unpaired) electrons. The van der Waals surface area contributed by atoms with Gasteiger partial charge in [-0.3, -0.25) is 4.79 Å². The van der Waals surface area contributed by atoms with Gasteiger partial charge in [0.25, 0.3) is 5.91 Å². The van der Waals surface area contributed by atoms with E-state index in [-0.39, 0.29) is 5.91 Å². The maximum Gasteiger partial charge on any atom is 0.272 e.